The molecule has 1 amide bonds. The van der Waals surface area contributed by atoms with Crippen LogP contribution in [-0.2, 0) is 14.2 Å². The van der Waals surface area contributed by atoms with Gasteiger partial charge in [-0.15, -0.1) is 0 Å². The normalized spacial score (nSPS) is 15.5. The molecule has 0 saturated carbocycles. The van der Waals surface area contributed by atoms with Gasteiger partial charge in [-0.1, -0.05) is 31.9 Å². The summed E-state index contributed by atoms with van der Waals surface area (Å²) in [6.07, 6.45) is 4.84. The van der Waals surface area contributed by atoms with Crippen molar-refractivity contribution in [1.29, 1.82) is 0 Å². The van der Waals surface area contributed by atoms with Crippen LogP contribution in [0.25, 0.3) is 0 Å². The predicted molar refractivity (Wildman–Crippen MR) is 118 cm³/mol. The minimum absolute atomic E-state index is 0.335. The summed E-state index contributed by atoms with van der Waals surface area (Å²) in [5.74, 6) is 0.656. The SMILES string of the molecule is CCCCOc1ccccc1NC(=O)OC(COCCOCC)CN1CCCCC1. The Morgan fingerprint density at radius 3 is 2.60 bits per heavy atom. The van der Waals surface area contributed by atoms with Gasteiger partial charge in [0.15, 0.2) is 0 Å². The molecule has 1 fully saturated rings. The third-order valence-corrected chi connectivity index (χ3v) is 4.94. The first-order chi connectivity index (χ1) is 14.7. The molecule has 0 aliphatic carbocycles. The Hall–Kier alpha value is -1.83. The molecule has 7 nitrogen and oxygen atoms in total. The van der Waals surface area contributed by atoms with E-state index >= 15 is 0 Å². The largest absolute Gasteiger partial charge is 0.491 e. The molecular formula is C23H38N2O5. The van der Waals surface area contributed by atoms with Gasteiger partial charge in [-0.3, -0.25) is 10.2 Å². The number of amides is 1. The summed E-state index contributed by atoms with van der Waals surface area (Å²) < 4.78 is 22.5. The van der Waals surface area contributed by atoms with Crippen molar-refractivity contribution in [1.82, 2.24) is 4.90 Å². The molecule has 30 heavy (non-hydrogen) atoms. The Bertz CT molecular complexity index is 593. The number of nitrogens with one attached hydrogen (secondary N) is 1. The summed E-state index contributed by atoms with van der Waals surface area (Å²) in [7, 11) is 0. The smallest absolute Gasteiger partial charge is 0.412 e. The lowest BCUT2D eigenvalue weighted by molar-refractivity contribution is -0.0130. The summed E-state index contributed by atoms with van der Waals surface area (Å²) in [6.45, 7) is 9.49. The highest BCUT2D eigenvalue weighted by Crippen LogP contribution is 2.24. The summed E-state index contributed by atoms with van der Waals surface area (Å²) >= 11 is 0. The minimum atomic E-state index is -0.489. The van der Waals surface area contributed by atoms with Crippen molar-refractivity contribution in [3.05, 3.63) is 24.3 Å². The number of rotatable bonds is 14. The van der Waals surface area contributed by atoms with E-state index in [1.807, 2.05) is 31.2 Å². The third kappa shape index (κ3) is 9.78. The first-order valence-corrected chi connectivity index (χ1v) is 11.3. The van der Waals surface area contributed by atoms with Gasteiger partial charge in [0, 0.05) is 13.2 Å². The molecule has 1 atom stereocenters. The van der Waals surface area contributed by atoms with Crippen molar-refractivity contribution in [3.63, 3.8) is 0 Å². The summed E-state index contributed by atoms with van der Waals surface area (Å²) in [5, 5.41) is 2.83. The number of anilines is 1. The molecule has 1 aliphatic heterocycles. The topological polar surface area (TPSA) is 69.3 Å². The average Bonchev–Trinajstić information content (AvgIpc) is 2.75. The number of hydrogen-bond acceptors (Lipinski definition) is 6. The maximum Gasteiger partial charge on any atom is 0.412 e. The fourth-order valence-corrected chi connectivity index (χ4v) is 3.34. The molecule has 0 aromatic heterocycles. The van der Waals surface area contributed by atoms with Gasteiger partial charge in [0.05, 0.1) is 32.1 Å². The second kappa shape index (κ2) is 15.0. The molecule has 0 spiro atoms. The monoisotopic (exact) mass is 422 g/mol. The van der Waals surface area contributed by atoms with E-state index in [1.165, 1.54) is 19.3 Å². The maximum absolute atomic E-state index is 12.6. The zero-order valence-corrected chi connectivity index (χ0v) is 18.6. The summed E-state index contributed by atoms with van der Waals surface area (Å²) in [6, 6.07) is 7.43. The number of piperidine rings is 1. The highest BCUT2D eigenvalue weighted by atomic mass is 16.6. The van der Waals surface area contributed by atoms with Crippen molar-refractivity contribution in [2.75, 3.05) is 58.0 Å². The Balaban J connectivity index is 1.88. The van der Waals surface area contributed by atoms with Crippen LogP contribution in [0.1, 0.15) is 46.0 Å². The van der Waals surface area contributed by atoms with Gasteiger partial charge in [-0.2, -0.15) is 0 Å². The second-order valence-electron chi connectivity index (χ2n) is 7.48. The van der Waals surface area contributed by atoms with E-state index in [-0.39, 0.29) is 6.10 Å². The number of ether oxygens (including phenoxy) is 4. The third-order valence-electron chi connectivity index (χ3n) is 4.94. The Morgan fingerprint density at radius 1 is 1.07 bits per heavy atom. The fourth-order valence-electron chi connectivity index (χ4n) is 3.34. The van der Waals surface area contributed by atoms with Crippen molar-refractivity contribution < 1.29 is 23.7 Å². The maximum atomic E-state index is 12.6. The molecule has 2 rings (SSSR count). The van der Waals surface area contributed by atoms with E-state index < -0.39 is 6.09 Å². The van der Waals surface area contributed by atoms with Crippen LogP contribution < -0.4 is 10.1 Å². The van der Waals surface area contributed by atoms with Crippen molar-refractivity contribution in [2.45, 2.75) is 52.1 Å². The van der Waals surface area contributed by atoms with E-state index in [4.69, 9.17) is 18.9 Å². The number of carbonyl (C=O) groups is 1. The molecule has 1 aromatic carbocycles. The van der Waals surface area contributed by atoms with Crippen LogP contribution in [0.2, 0.25) is 0 Å². The van der Waals surface area contributed by atoms with E-state index in [9.17, 15) is 4.79 Å². The van der Waals surface area contributed by atoms with Crippen LogP contribution in [0.15, 0.2) is 24.3 Å². The lowest BCUT2D eigenvalue weighted by atomic mass is 10.1. The molecule has 0 bridgehead atoms. The highest BCUT2D eigenvalue weighted by molar-refractivity contribution is 5.86. The van der Waals surface area contributed by atoms with Crippen LogP contribution in [0.4, 0.5) is 10.5 Å². The van der Waals surface area contributed by atoms with Crippen LogP contribution in [0.3, 0.4) is 0 Å². The van der Waals surface area contributed by atoms with Crippen molar-refractivity contribution in [2.24, 2.45) is 0 Å². The number of unbranched alkanes of at least 4 members (excludes halogenated alkanes) is 1. The average molecular weight is 423 g/mol. The zero-order chi connectivity index (χ0) is 21.4. The molecule has 0 radical (unpaired) electrons. The number of nitrogens with zero attached hydrogens (tertiary/aromatic N) is 1. The minimum Gasteiger partial charge on any atom is -0.491 e. The van der Waals surface area contributed by atoms with E-state index in [0.717, 1.165) is 25.9 Å². The standard InChI is InChI=1S/C23H38N2O5/c1-3-5-15-29-22-12-8-7-11-21(22)24-23(26)30-20(19-28-17-16-27-4-2)18-25-13-9-6-10-14-25/h7-8,11-12,20H,3-6,9-10,13-19H2,1-2H3,(H,24,26). The lowest BCUT2D eigenvalue weighted by Crippen LogP contribution is -2.41. The van der Waals surface area contributed by atoms with Crippen LogP contribution >= 0.6 is 0 Å². The van der Waals surface area contributed by atoms with Gasteiger partial charge in [-0.25, -0.2) is 4.79 Å². The van der Waals surface area contributed by atoms with Gasteiger partial charge in [0.2, 0.25) is 0 Å². The molecule has 1 aromatic rings. The van der Waals surface area contributed by atoms with Crippen LogP contribution in [0.5, 0.6) is 5.75 Å². The molecule has 1 N–H and O–H groups in total. The van der Waals surface area contributed by atoms with Gasteiger partial charge in [-0.05, 0) is 51.4 Å². The fraction of sp³-hybridized carbons (Fsp3) is 0.696. The quantitative estimate of drug-likeness (QED) is 0.450. The Labute approximate surface area is 181 Å². The number of para-hydroxylation sites is 2. The van der Waals surface area contributed by atoms with Gasteiger partial charge >= 0.3 is 6.09 Å². The van der Waals surface area contributed by atoms with Gasteiger partial charge in [0.25, 0.3) is 0 Å². The molecular weight excluding hydrogens is 384 g/mol. The number of hydrogen-bond donors (Lipinski definition) is 1. The second-order valence-corrected chi connectivity index (χ2v) is 7.48. The van der Waals surface area contributed by atoms with E-state index in [2.05, 4.69) is 17.1 Å². The molecule has 1 heterocycles. The van der Waals surface area contributed by atoms with Crippen LogP contribution in [0, 0.1) is 0 Å². The summed E-state index contributed by atoms with van der Waals surface area (Å²) in [4.78, 5) is 14.9. The molecule has 1 unspecified atom stereocenters. The number of benzene rings is 1. The number of likely N-dealkylation sites (tertiary alicyclic amines) is 1. The highest BCUT2D eigenvalue weighted by Gasteiger charge is 2.21. The Morgan fingerprint density at radius 2 is 1.83 bits per heavy atom. The summed E-state index contributed by atoms with van der Waals surface area (Å²) in [5.41, 5.74) is 0.618. The van der Waals surface area contributed by atoms with Crippen molar-refractivity contribution in [3.8, 4) is 5.75 Å². The van der Waals surface area contributed by atoms with Crippen molar-refractivity contribution >= 4 is 11.8 Å². The first-order valence-electron chi connectivity index (χ1n) is 11.3. The molecule has 170 valence electrons. The van der Waals surface area contributed by atoms with E-state index in [1.54, 1.807) is 0 Å². The van der Waals surface area contributed by atoms with Gasteiger partial charge in [0.1, 0.15) is 11.9 Å². The van der Waals surface area contributed by atoms with Gasteiger partial charge < -0.3 is 18.9 Å². The Kier molecular flexibility index (Phi) is 12.3. The molecule has 1 aliphatic rings. The number of carbonyl (C=O) groups excluding carboxylic acids is 1. The predicted octanol–water partition coefficient (Wildman–Crippen LogP) is 4.32. The van der Waals surface area contributed by atoms with Crippen LogP contribution in [-0.4, -0.2) is 69.8 Å². The zero-order valence-electron chi connectivity index (χ0n) is 18.6. The van der Waals surface area contributed by atoms with E-state index in [0.29, 0.717) is 51.0 Å². The molecule has 1 saturated heterocycles. The first kappa shape index (κ1) is 24.4. The lowest BCUT2D eigenvalue weighted by Gasteiger charge is -2.30. The molecule has 7 heteroatoms.